The first-order chi connectivity index (χ1) is 17.5. The van der Waals surface area contributed by atoms with Crippen molar-refractivity contribution in [3.63, 3.8) is 0 Å². The number of amides is 1. The number of carbonyl (C=O) groups excluding carboxylic acids is 1. The van der Waals surface area contributed by atoms with Crippen LogP contribution in [0.2, 0.25) is 5.02 Å². The highest BCUT2D eigenvalue weighted by molar-refractivity contribution is 6.34. The zero-order chi connectivity index (χ0) is 28.3. The monoisotopic (exact) mass is 561 g/mol. The number of rotatable bonds is 6. The van der Waals surface area contributed by atoms with Gasteiger partial charge in [0.25, 0.3) is 5.91 Å². The summed E-state index contributed by atoms with van der Waals surface area (Å²) in [7, 11) is 0. The molecular weight excluding hydrogens is 543 g/mol. The molecule has 0 atom stereocenters. The van der Waals surface area contributed by atoms with Crippen LogP contribution in [-0.4, -0.2) is 38.1 Å². The van der Waals surface area contributed by atoms with Crippen molar-refractivity contribution in [3.05, 3.63) is 59.0 Å². The average molecular weight is 562 g/mol. The maximum Gasteiger partial charge on any atom is 0.437 e. The van der Waals surface area contributed by atoms with Crippen molar-refractivity contribution in [3.8, 4) is 23.0 Å². The minimum absolute atomic E-state index is 0.0291. The minimum atomic E-state index is -6.25. The Hall–Kier alpha value is -3.53. The molecule has 2 heterocycles. The van der Waals surface area contributed by atoms with E-state index < -0.39 is 41.2 Å². The minimum Gasteiger partial charge on any atom is -0.334 e. The maximum absolute atomic E-state index is 14.9. The molecule has 1 saturated carbocycles. The van der Waals surface area contributed by atoms with Gasteiger partial charge in [0, 0.05) is 17.8 Å². The SMILES string of the molecule is CC(C)(C#N)NC(=O)c1cc(-c2cnn(-c3ccc(C(F)(C(F)(F)F)C(F)(F)F)n3C3CC3)c2)ccc1Cl. The second kappa shape index (κ2) is 9.04. The van der Waals surface area contributed by atoms with Gasteiger partial charge < -0.3 is 9.88 Å². The van der Waals surface area contributed by atoms with E-state index in [1.807, 2.05) is 6.07 Å². The van der Waals surface area contributed by atoms with E-state index >= 15 is 0 Å². The molecule has 0 radical (unpaired) electrons. The topological polar surface area (TPSA) is 75.6 Å². The summed E-state index contributed by atoms with van der Waals surface area (Å²) in [5.74, 6) is -0.825. The Morgan fingerprint density at radius 3 is 2.24 bits per heavy atom. The number of halogens is 8. The average Bonchev–Trinajstić information content (AvgIpc) is 3.36. The molecule has 1 N–H and O–H groups in total. The molecule has 0 spiro atoms. The Morgan fingerprint density at radius 1 is 1.05 bits per heavy atom. The van der Waals surface area contributed by atoms with Crippen molar-refractivity contribution in [2.45, 2.75) is 56.3 Å². The third-order valence-electron chi connectivity index (χ3n) is 6.01. The zero-order valence-corrected chi connectivity index (χ0v) is 20.5. The predicted molar refractivity (Wildman–Crippen MR) is 122 cm³/mol. The highest BCUT2D eigenvalue weighted by Gasteiger charge is 2.75. The molecule has 0 aliphatic heterocycles. The number of nitrogens with zero attached hydrogens (tertiary/aromatic N) is 4. The lowest BCUT2D eigenvalue weighted by atomic mass is 10.0. The fourth-order valence-corrected chi connectivity index (χ4v) is 4.13. The Morgan fingerprint density at radius 2 is 1.68 bits per heavy atom. The second-order valence-electron chi connectivity index (χ2n) is 9.39. The van der Waals surface area contributed by atoms with Crippen molar-refractivity contribution >= 4 is 17.5 Å². The first kappa shape index (κ1) is 27.5. The summed E-state index contributed by atoms with van der Waals surface area (Å²) in [5, 5.41) is 15.8. The van der Waals surface area contributed by atoms with E-state index in [1.54, 1.807) is 0 Å². The fourth-order valence-electron chi connectivity index (χ4n) is 3.93. The van der Waals surface area contributed by atoms with Crippen LogP contribution in [0.5, 0.6) is 0 Å². The second-order valence-corrected chi connectivity index (χ2v) is 9.80. The van der Waals surface area contributed by atoms with Crippen LogP contribution in [0.3, 0.4) is 0 Å². The standard InChI is InChI=1S/C24H19ClF7N5O/c1-21(2,12-33)35-20(38)16-9-13(3-6-17(16)25)14-10-34-36(11-14)19-8-7-18(37(19)15-4-5-15)22(26,23(27,28)29)24(30,31)32/h3,6-11,15H,4-5H2,1-2H3,(H,35,38). The lowest BCUT2D eigenvalue weighted by Gasteiger charge is -2.31. The van der Waals surface area contributed by atoms with Crippen molar-refractivity contribution in [2.75, 3.05) is 0 Å². The molecule has 2 aromatic heterocycles. The third kappa shape index (κ3) is 4.73. The van der Waals surface area contributed by atoms with E-state index in [1.165, 1.54) is 44.4 Å². The molecule has 1 fully saturated rings. The zero-order valence-electron chi connectivity index (χ0n) is 19.8. The van der Waals surface area contributed by atoms with Gasteiger partial charge in [-0.3, -0.25) is 4.79 Å². The van der Waals surface area contributed by atoms with Gasteiger partial charge in [-0.15, -0.1) is 0 Å². The quantitative estimate of drug-likeness (QED) is 0.342. The van der Waals surface area contributed by atoms with Gasteiger partial charge in [0.2, 0.25) is 0 Å². The fraction of sp³-hybridized carbons (Fsp3) is 0.375. The summed E-state index contributed by atoms with van der Waals surface area (Å²) in [6.45, 7) is 2.97. The van der Waals surface area contributed by atoms with Crippen LogP contribution in [0.15, 0.2) is 42.7 Å². The molecule has 1 aliphatic carbocycles. The van der Waals surface area contributed by atoms with Crippen molar-refractivity contribution < 1.29 is 35.5 Å². The predicted octanol–water partition coefficient (Wildman–Crippen LogP) is 6.65. The lowest BCUT2D eigenvalue weighted by molar-refractivity contribution is -0.350. The third-order valence-corrected chi connectivity index (χ3v) is 6.34. The molecule has 6 nitrogen and oxygen atoms in total. The van der Waals surface area contributed by atoms with Crippen LogP contribution in [0, 0.1) is 11.3 Å². The highest BCUT2D eigenvalue weighted by atomic mass is 35.5. The van der Waals surface area contributed by atoms with E-state index in [9.17, 15) is 35.5 Å². The van der Waals surface area contributed by atoms with E-state index in [2.05, 4.69) is 10.4 Å². The summed E-state index contributed by atoms with van der Waals surface area (Å²) in [4.78, 5) is 12.6. The molecule has 0 saturated heterocycles. The number of benzene rings is 1. The Balaban J connectivity index is 1.75. The highest BCUT2D eigenvalue weighted by Crippen LogP contribution is 2.55. The first-order valence-electron chi connectivity index (χ1n) is 11.1. The first-order valence-corrected chi connectivity index (χ1v) is 11.5. The Labute approximate surface area is 216 Å². The van der Waals surface area contributed by atoms with Crippen LogP contribution in [0.4, 0.5) is 30.7 Å². The number of hydrogen-bond donors (Lipinski definition) is 1. The molecular formula is C24H19ClF7N5O. The number of aromatic nitrogens is 3. The number of carbonyl (C=O) groups is 1. The molecule has 0 bridgehead atoms. The van der Waals surface area contributed by atoms with Crippen LogP contribution < -0.4 is 5.32 Å². The summed E-state index contributed by atoms with van der Waals surface area (Å²) in [6.07, 6.45) is -9.35. The molecule has 14 heteroatoms. The molecule has 1 amide bonds. The smallest absolute Gasteiger partial charge is 0.334 e. The van der Waals surface area contributed by atoms with E-state index in [0.717, 1.165) is 10.7 Å². The molecule has 1 aromatic carbocycles. The number of alkyl halides is 7. The van der Waals surface area contributed by atoms with Gasteiger partial charge in [0.05, 0.1) is 28.5 Å². The molecule has 1 aliphatic rings. The van der Waals surface area contributed by atoms with E-state index in [-0.39, 0.29) is 29.2 Å². The largest absolute Gasteiger partial charge is 0.437 e. The summed E-state index contributed by atoms with van der Waals surface area (Å²) >= 11 is 6.15. The van der Waals surface area contributed by atoms with Crippen molar-refractivity contribution in [1.82, 2.24) is 19.7 Å². The van der Waals surface area contributed by atoms with E-state index in [0.29, 0.717) is 21.8 Å². The molecule has 0 unspecified atom stereocenters. The van der Waals surface area contributed by atoms with Crippen molar-refractivity contribution in [1.29, 1.82) is 5.26 Å². The summed E-state index contributed by atoms with van der Waals surface area (Å²) in [5.41, 5.74) is -7.56. The summed E-state index contributed by atoms with van der Waals surface area (Å²) < 4.78 is 97.4. The van der Waals surface area contributed by atoms with Crippen LogP contribution >= 0.6 is 11.6 Å². The van der Waals surface area contributed by atoms with Gasteiger partial charge in [-0.1, -0.05) is 17.7 Å². The Bertz CT molecular complexity index is 1410. The number of hydrogen-bond acceptors (Lipinski definition) is 3. The van der Waals surface area contributed by atoms with Crippen LogP contribution in [0.25, 0.3) is 16.9 Å². The molecule has 38 heavy (non-hydrogen) atoms. The Kier molecular flexibility index (Phi) is 6.54. The van der Waals surface area contributed by atoms with Gasteiger partial charge in [-0.25, -0.2) is 9.07 Å². The normalized spacial score (nSPS) is 14.9. The van der Waals surface area contributed by atoms with Gasteiger partial charge in [0.1, 0.15) is 11.4 Å². The van der Waals surface area contributed by atoms with Gasteiger partial charge in [-0.2, -0.15) is 36.7 Å². The van der Waals surface area contributed by atoms with Crippen LogP contribution in [0.1, 0.15) is 48.8 Å². The van der Waals surface area contributed by atoms with Gasteiger partial charge in [-0.05, 0) is 56.5 Å². The van der Waals surface area contributed by atoms with Crippen LogP contribution in [-0.2, 0) is 5.67 Å². The van der Waals surface area contributed by atoms with Gasteiger partial charge >= 0.3 is 18.0 Å². The number of nitrogens with one attached hydrogen (secondary N) is 1. The van der Waals surface area contributed by atoms with Gasteiger partial charge in [0.15, 0.2) is 0 Å². The van der Waals surface area contributed by atoms with Crippen molar-refractivity contribution in [2.24, 2.45) is 0 Å². The lowest BCUT2D eigenvalue weighted by Crippen LogP contribution is -2.51. The molecule has 3 aromatic rings. The number of nitriles is 1. The maximum atomic E-state index is 14.9. The van der Waals surface area contributed by atoms with E-state index in [4.69, 9.17) is 16.9 Å². The summed E-state index contributed by atoms with van der Waals surface area (Å²) in [6, 6.07) is 6.91. The molecule has 202 valence electrons. The molecule has 4 rings (SSSR count).